The van der Waals surface area contributed by atoms with E-state index in [1.165, 1.54) is 93.2 Å². The first-order chi connectivity index (χ1) is 31.3. The van der Waals surface area contributed by atoms with Crippen LogP contribution in [-0.4, -0.2) is 4.57 Å². The van der Waals surface area contributed by atoms with Crippen molar-refractivity contribution >= 4 is 71.2 Å². The molecule has 2 nitrogen and oxygen atoms in total. The third-order valence-electron chi connectivity index (χ3n) is 13.6. The summed E-state index contributed by atoms with van der Waals surface area (Å²) < 4.78 is 2.49. The molecule has 1 aliphatic rings. The molecule has 0 spiro atoms. The summed E-state index contributed by atoms with van der Waals surface area (Å²) in [5.74, 6) is 0. The van der Waals surface area contributed by atoms with E-state index >= 15 is 0 Å². The molecule has 12 aromatic rings. The number of aromatic nitrogens is 1. The van der Waals surface area contributed by atoms with Crippen LogP contribution in [0.5, 0.6) is 0 Å². The Morgan fingerprint density at radius 3 is 1.35 bits per heavy atom. The lowest BCUT2D eigenvalue weighted by molar-refractivity contribution is 0.768. The first-order valence-corrected chi connectivity index (χ1v) is 21.9. The van der Waals surface area contributed by atoms with E-state index in [0.29, 0.717) is 0 Å². The smallest absolute Gasteiger partial charge is 0.0715 e. The lowest BCUT2D eigenvalue weighted by Gasteiger charge is -2.35. The van der Waals surface area contributed by atoms with Crippen molar-refractivity contribution in [2.45, 2.75) is 5.41 Å². The Hall–Kier alpha value is -8.20. The van der Waals surface area contributed by atoms with Crippen LogP contribution in [0.3, 0.4) is 0 Å². The van der Waals surface area contributed by atoms with Gasteiger partial charge in [0, 0.05) is 33.4 Å². The minimum absolute atomic E-state index is 0.612. The topological polar surface area (TPSA) is 8.17 Å². The molecule has 0 amide bonds. The molecule has 0 atom stereocenters. The van der Waals surface area contributed by atoms with Gasteiger partial charge in [-0.05, 0) is 115 Å². The van der Waals surface area contributed by atoms with Gasteiger partial charge in [0.05, 0.1) is 22.1 Å². The van der Waals surface area contributed by atoms with E-state index in [0.717, 1.165) is 17.1 Å². The van der Waals surface area contributed by atoms with E-state index in [1.807, 2.05) is 0 Å². The van der Waals surface area contributed by atoms with Gasteiger partial charge in [-0.3, -0.25) is 0 Å². The summed E-state index contributed by atoms with van der Waals surface area (Å²) >= 11 is 0. The third-order valence-corrected chi connectivity index (χ3v) is 13.6. The van der Waals surface area contributed by atoms with Gasteiger partial charge in [-0.15, -0.1) is 0 Å². The minimum Gasteiger partial charge on any atom is -0.310 e. The largest absolute Gasteiger partial charge is 0.310 e. The maximum atomic E-state index is 2.49. The van der Waals surface area contributed by atoms with Crippen molar-refractivity contribution in [3.05, 3.63) is 265 Å². The highest BCUT2D eigenvalue weighted by Gasteiger charge is 2.47. The molecule has 0 saturated carbocycles. The molecule has 0 radical (unpaired) electrons. The van der Waals surface area contributed by atoms with E-state index < -0.39 is 5.41 Å². The summed E-state index contributed by atoms with van der Waals surface area (Å²) in [7, 11) is 0. The molecular formula is C61H40N2. The Kier molecular flexibility index (Phi) is 7.85. The Labute approximate surface area is 366 Å². The fourth-order valence-electron chi connectivity index (χ4n) is 11.1. The number of fused-ring (bicyclic) bond motifs is 12. The molecular weight excluding hydrogens is 761 g/mol. The lowest BCUT2D eigenvalue weighted by atomic mass is 9.67. The Bertz CT molecular complexity index is 3610. The molecule has 0 unspecified atom stereocenters. The second kappa shape index (κ2) is 13.9. The molecule has 2 heteroatoms. The second-order valence-electron chi connectivity index (χ2n) is 16.8. The van der Waals surface area contributed by atoms with E-state index in [9.17, 15) is 0 Å². The quantitative estimate of drug-likeness (QED) is 0.152. The summed E-state index contributed by atoms with van der Waals surface area (Å²) in [6.07, 6.45) is 0. The van der Waals surface area contributed by atoms with Gasteiger partial charge in [0.25, 0.3) is 0 Å². The first kappa shape index (κ1) is 35.5. The molecule has 0 saturated heterocycles. The minimum atomic E-state index is -0.612. The highest BCUT2D eigenvalue weighted by molar-refractivity contribution is 6.26. The molecule has 11 aromatic carbocycles. The first-order valence-electron chi connectivity index (χ1n) is 21.9. The maximum Gasteiger partial charge on any atom is 0.0715 e. The van der Waals surface area contributed by atoms with Gasteiger partial charge in [0.15, 0.2) is 0 Å². The predicted molar refractivity (Wildman–Crippen MR) is 265 cm³/mol. The molecule has 1 heterocycles. The van der Waals surface area contributed by atoms with Crippen molar-refractivity contribution < 1.29 is 0 Å². The average molecular weight is 801 g/mol. The van der Waals surface area contributed by atoms with E-state index in [1.54, 1.807) is 0 Å². The van der Waals surface area contributed by atoms with Crippen LogP contribution in [0.15, 0.2) is 243 Å². The average Bonchev–Trinajstić information content (AvgIpc) is 3.86. The number of hydrogen-bond donors (Lipinski definition) is 0. The number of benzene rings is 11. The zero-order valence-corrected chi connectivity index (χ0v) is 34.5. The highest BCUT2D eigenvalue weighted by atomic mass is 15.1. The molecule has 0 bridgehead atoms. The van der Waals surface area contributed by atoms with Gasteiger partial charge >= 0.3 is 0 Å². The van der Waals surface area contributed by atoms with E-state index in [-0.39, 0.29) is 0 Å². The molecule has 0 fully saturated rings. The van der Waals surface area contributed by atoms with Crippen LogP contribution in [0.25, 0.3) is 70.9 Å². The molecule has 294 valence electrons. The van der Waals surface area contributed by atoms with Gasteiger partial charge in [-0.1, -0.05) is 188 Å². The molecule has 1 aromatic heterocycles. The molecule has 63 heavy (non-hydrogen) atoms. The zero-order valence-electron chi connectivity index (χ0n) is 34.5. The normalized spacial score (nSPS) is 12.9. The zero-order chi connectivity index (χ0) is 41.5. The van der Waals surface area contributed by atoms with Crippen LogP contribution in [0.4, 0.5) is 17.1 Å². The highest BCUT2D eigenvalue weighted by Crippen LogP contribution is 2.59. The SMILES string of the molecule is c1ccc(N(c2ccc3c(c2)C(c2ccccc2)(c2ccccc2)c2cccc(-n4c5ccccc5c5ccccc54)c2-3)c2ccc3c4ccccc4c4ccccc4c3c2)cc1. The monoisotopic (exact) mass is 800 g/mol. The van der Waals surface area contributed by atoms with E-state index in [2.05, 4.69) is 252 Å². The fraction of sp³-hybridized carbons (Fsp3) is 0.0164. The van der Waals surface area contributed by atoms with Crippen molar-refractivity contribution in [1.29, 1.82) is 0 Å². The van der Waals surface area contributed by atoms with Gasteiger partial charge < -0.3 is 9.47 Å². The van der Waals surface area contributed by atoms with Gasteiger partial charge in [0.2, 0.25) is 0 Å². The van der Waals surface area contributed by atoms with E-state index in [4.69, 9.17) is 0 Å². The molecule has 0 aliphatic heterocycles. The number of anilines is 3. The van der Waals surface area contributed by atoms with Crippen LogP contribution < -0.4 is 4.90 Å². The molecule has 13 rings (SSSR count). The summed E-state index contributed by atoms with van der Waals surface area (Å²) in [5.41, 5.74) is 13.8. The Morgan fingerprint density at radius 1 is 0.302 bits per heavy atom. The number of rotatable bonds is 6. The maximum absolute atomic E-state index is 2.49. The third kappa shape index (κ3) is 5.13. The summed E-state index contributed by atoms with van der Waals surface area (Å²) in [6, 6.07) is 89.7. The van der Waals surface area contributed by atoms with Gasteiger partial charge in [-0.25, -0.2) is 0 Å². The summed E-state index contributed by atoms with van der Waals surface area (Å²) in [6.45, 7) is 0. The van der Waals surface area contributed by atoms with Crippen LogP contribution in [-0.2, 0) is 5.41 Å². The van der Waals surface area contributed by atoms with Crippen LogP contribution in [0.2, 0.25) is 0 Å². The van der Waals surface area contributed by atoms with Gasteiger partial charge in [0.1, 0.15) is 0 Å². The number of nitrogens with zero attached hydrogens (tertiary/aromatic N) is 2. The van der Waals surface area contributed by atoms with Crippen LogP contribution >= 0.6 is 0 Å². The summed E-state index contributed by atoms with van der Waals surface area (Å²) in [5, 5.41) is 10.1. The number of hydrogen-bond acceptors (Lipinski definition) is 1. The van der Waals surface area contributed by atoms with Crippen molar-refractivity contribution in [3.8, 4) is 16.8 Å². The van der Waals surface area contributed by atoms with Crippen molar-refractivity contribution in [2.75, 3.05) is 4.90 Å². The second-order valence-corrected chi connectivity index (χ2v) is 16.8. The van der Waals surface area contributed by atoms with Crippen LogP contribution in [0.1, 0.15) is 22.3 Å². The predicted octanol–water partition coefficient (Wildman–Crippen LogP) is 16.1. The standard InChI is InChI=1S/C61H40N2/c1-4-19-41(20-5-1)61(42-21-6-2-7-22-42)55-31-18-34-59(63-57-32-16-14-29-51(57)52-30-15-17-33-58(52)63)60(55)53-38-36-45(40-56(53)61)62(43-23-8-3-9-24-43)44-35-37-50-48-27-11-10-25-46(48)47-26-12-13-28-49(47)54(50)39-44/h1-40H. The molecule has 1 aliphatic carbocycles. The van der Waals surface area contributed by atoms with Crippen LogP contribution in [0, 0.1) is 0 Å². The van der Waals surface area contributed by atoms with Gasteiger partial charge in [-0.2, -0.15) is 0 Å². The van der Waals surface area contributed by atoms with Crippen molar-refractivity contribution in [3.63, 3.8) is 0 Å². The lowest BCUT2D eigenvalue weighted by Crippen LogP contribution is -2.28. The van der Waals surface area contributed by atoms with Crippen molar-refractivity contribution in [2.24, 2.45) is 0 Å². The number of para-hydroxylation sites is 3. The fourth-order valence-corrected chi connectivity index (χ4v) is 11.1. The van der Waals surface area contributed by atoms with Crippen molar-refractivity contribution in [1.82, 2.24) is 4.57 Å². The molecule has 0 N–H and O–H groups in total. The Balaban J connectivity index is 1.12. The summed E-state index contributed by atoms with van der Waals surface area (Å²) in [4.78, 5) is 2.45. The Morgan fingerprint density at radius 2 is 0.762 bits per heavy atom.